The molecule has 4 nitrogen and oxygen atoms in total. The lowest BCUT2D eigenvalue weighted by Gasteiger charge is -2.25. The third-order valence-electron chi connectivity index (χ3n) is 2.97. The summed E-state index contributed by atoms with van der Waals surface area (Å²) in [6.45, 7) is 0. The molecule has 0 fully saturated rings. The molecule has 0 bridgehead atoms. The molecule has 0 aromatic heterocycles. The van der Waals surface area contributed by atoms with E-state index in [0.717, 1.165) is 22.6 Å². The fourth-order valence-corrected chi connectivity index (χ4v) is 2.98. The van der Waals surface area contributed by atoms with Crippen LogP contribution in [-0.2, 0) is 16.0 Å². The van der Waals surface area contributed by atoms with E-state index in [9.17, 15) is 9.59 Å². The largest absolute Gasteiger partial charge is 0.481 e. The van der Waals surface area contributed by atoms with Gasteiger partial charge in [-0.1, -0.05) is 6.07 Å². The van der Waals surface area contributed by atoms with Crippen molar-refractivity contribution in [3.05, 3.63) is 23.8 Å². The minimum absolute atomic E-state index is 0.117. The van der Waals surface area contributed by atoms with Gasteiger partial charge in [-0.05, 0) is 30.5 Å². The predicted molar refractivity (Wildman–Crippen MR) is 71.1 cm³/mol. The Morgan fingerprint density at radius 1 is 1.50 bits per heavy atom. The third-order valence-corrected chi connectivity index (χ3v) is 4.00. The van der Waals surface area contributed by atoms with Gasteiger partial charge in [0.15, 0.2) is 0 Å². The van der Waals surface area contributed by atoms with Gasteiger partial charge < -0.3 is 10.0 Å². The maximum absolute atomic E-state index is 11.5. The molecule has 1 amide bonds. The number of rotatable bonds is 4. The quantitative estimate of drug-likeness (QED) is 0.906. The molecule has 1 aliphatic rings. The Balaban J connectivity index is 2.08. The monoisotopic (exact) mass is 265 g/mol. The zero-order valence-corrected chi connectivity index (χ0v) is 11.0. The minimum Gasteiger partial charge on any atom is -0.481 e. The molecule has 0 aliphatic carbocycles. The summed E-state index contributed by atoms with van der Waals surface area (Å²) in [5.41, 5.74) is 2.07. The molecule has 0 radical (unpaired) electrons. The molecule has 1 aliphatic heterocycles. The van der Waals surface area contributed by atoms with Crippen molar-refractivity contribution in [1.29, 1.82) is 0 Å². The molecular weight excluding hydrogens is 250 g/mol. The van der Waals surface area contributed by atoms with Gasteiger partial charge in [0, 0.05) is 18.4 Å². The minimum atomic E-state index is -0.757. The Hall–Kier alpha value is -1.49. The molecule has 1 heterocycles. The van der Waals surface area contributed by atoms with E-state index in [1.54, 1.807) is 23.7 Å². The van der Waals surface area contributed by atoms with E-state index >= 15 is 0 Å². The number of aryl methyl sites for hydroxylation is 1. The normalized spacial score (nSPS) is 14.5. The number of anilines is 1. The number of nitrogens with zero attached hydrogens (tertiary/aromatic N) is 1. The van der Waals surface area contributed by atoms with Crippen LogP contribution in [0.2, 0.25) is 0 Å². The van der Waals surface area contributed by atoms with E-state index in [1.807, 2.05) is 12.1 Å². The van der Waals surface area contributed by atoms with Gasteiger partial charge in [0.2, 0.25) is 5.91 Å². The van der Waals surface area contributed by atoms with Crippen LogP contribution >= 0.6 is 11.8 Å². The SMILES string of the molecule is CN1C(=O)CSc2cc(CCCC(=O)O)ccc21. The molecule has 1 aromatic carbocycles. The summed E-state index contributed by atoms with van der Waals surface area (Å²) >= 11 is 1.55. The highest BCUT2D eigenvalue weighted by Crippen LogP contribution is 2.35. The Bertz CT molecular complexity index is 487. The van der Waals surface area contributed by atoms with Gasteiger partial charge in [-0.15, -0.1) is 11.8 Å². The molecule has 18 heavy (non-hydrogen) atoms. The van der Waals surface area contributed by atoms with Crippen molar-refractivity contribution in [2.75, 3.05) is 17.7 Å². The summed E-state index contributed by atoms with van der Waals surface area (Å²) in [5, 5.41) is 8.60. The maximum atomic E-state index is 11.5. The molecule has 2 rings (SSSR count). The molecule has 0 spiro atoms. The number of hydrogen-bond acceptors (Lipinski definition) is 3. The number of amides is 1. The van der Waals surface area contributed by atoms with Crippen molar-refractivity contribution in [1.82, 2.24) is 0 Å². The van der Waals surface area contributed by atoms with Gasteiger partial charge in [-0.3, -0.25) is 9.59 Å². The number of carbonyl (C=O) groups excluding carboxylic acids is 1. The van der Waals surface area contributed by atoms with Gasteiger partial charge in [-0.25, -0.2) is 0 Å². The van der Waals surface area contributed by atoms with Crippen LogP contribution in [0, 0.1) is 0 Å². The summed E-state index contributed by atoms with van der Waals surface area (Å²) in [5.74, 6) is -0.166. The summed E-state index contributed by atoms with van der Waals surface area (Å²) < 4.78 is 0. The highest BCUT2D eigenvalue weighted by molar-refractivity contribution is 8.00. The first-order valence-corrected chi connectivity index (χ1v) is 6.80. The highest BCUT2D eigenvalue weighted by Gasteiger charge is 2.21. The average molecular weight is 265 g/mol. The van der Waals surface area contributed by atoms with Crippen LogP contribution in [0.5, 0.6) is 0 Å². The number of carbonyl (C=O) groups is 2. The predicted octanol–water partition coefficient (Wildman–Crippen LogP) is 2.16. The van der Waals surface area contributed by atoms with Gasteiger partial charge in [0.25, 0.3) is 0 Å². The summed E-state index contributed by atoms with van der Waals surface area (Å²) in [4.78, 5) is 24.8. The van der Waals surface area contributed by atoms with E-state index in [-0.39, 0.29) is 12.3 Å². The number of carboxylic acids is 1. The zero-order chi connectivity index (χ0) is 13.1. The first kappa shape index (κ1) is 13.0. The second-order valence-electron chi connectivity index (χ2n) is 4.29. The molecule has 0 saturated heterocycles. The number of thioether (sulfide) groups is 1. The van der Waals surface area contributed by atoms with Crippen molar-refractivity contribution in [2.24, 2.45) is 0 Å². The lowest BCUT2D eigenvalue weighted by Crippen LogP contribution is -2.31. The van der Waals surface area contributed by atoms with E-state index in [2.05, 4.69) is 6.07 Å². The second kappa shape index (κ2) is 5.44. The molecule has 1 N–H and O–H groups in total. The molecule has 5 heteroatoms. The van der Waals surface area contributed by atoms with Crippen molar-refractivity contribution >= 4 is 29.3 Å². The topological polar surface area (TPSA) is 57.6 Å². The van der Waals surface area contributed by atoms with Gasteiger partial charge in [0.1, 0.15) is 0 Å². The summed E-state index contributed by atoms with van der Waals surface area (Å²) in [7, 11) is 1.78. The second-order valence-corrected chi connectivity index (χ2v) is 5.31. The number of hydrogen-bond donors (Lipinski definition) is 1. The molecule has 0 unspecified atom stereocenters. The fourth-order valence-electron chi connectivity index (χ4n) is 1.92. The number of carboxylic acid groups (broad SMARTS) is 1. The lowest BCUT2D eigenvalue weighted by molar-refractivity contribution is -0.137. The van der Waals surface area contributed by atoms with E-state index in [0.29, 0.717) is 12.2 Å². The Kier molecular flexibility index (Phi) is 3.91. The van der Waals surface area contributed by atoms with Crippen LogP contribution in [0.15, 0.2) is 23.1 Å². The fraction of sp³-hybridized carbons (Fsp3) is 0.385. The third kappa shape index (κ3) is 2.85. The molecule has 0 atom stereocenters. The van der Waals surface area contributed by atoms with E-state index < -0.39 is 5.97 Å². The van der Waals surface area contributed by atoms with Crippen LogP contribution in [0.1, 0.15) is 18.4 Å². The van der Waals surface area contributed by atoms with E-state index in [1.165, 1.54) is 0 Å². The van der Waals surface area contributed by atoms with Gasteiger partial charge in [0.05, 0.1) is 11.4 Å². The summed E-state index contributed by atoms with van der Waals surface area (Å²) in [6, 6.07) is 5.97. The molecule has 0 saturated carbocycles. The molecular formula is C13H15NO3S. The van der Waals surface area contributed by atoms with Crippen molar-refractivity contribution < 1.29 is 14.7 Å². The zero-order valence-electron chi connectivity index (χ0n) is 10.2. The van der Waals surface area contributed by atoms with Gasteiger partial charge in [-0.2, -0.15) is 0 Å². The molecule has 96 valence electrons. The molecule has 1 aromatic rings. The van der Waals surface area contributed by atoms with Crippen LogP contribution in [0.4, 0.5) is 5.69 Å². The number of benzene rings is 1. The van der Waals surface area contributed by atoms with Crippen LogP contribution in [-0.4, -0.2) is 29.8 Å². The Labute approximate surface area is 110 Å². The Morgan fingerprint density at radius 3 is 3.00 bits per heavy atom. The highest BCUT2D eigenvalue weighted by atomic mass is 32.2. The van der Waals surface area contributed by atoms with Crippen molar-refractivity contribution in [3.8, 4) is 0 Å². The van der Waals surface area contributed by atoms with Crippen LogP contribution in [0.3, 0.4) is 0 Å². The first-order valence-electron chi connectivity index (χ1n) is 5.82. The Morgan fingerprint density at radius 2 is 2.28 bits per heavy atom. The summed E-state index contributed by atoms with van der Waals surface area (Å²) in [6.07, 6.45) is 1.61. The van der Waals surface area contributed by atoms with Crippen molar-refractivity contribution in [3.63, 3.8) is 0 Å². The van der Waals surface area contributed by atoms with Crippen LogP contribution in [0.25, 0.3) is 0 Å². The first-order chi connectivity index (χ1) is 8.58. The van der Waals surface area contributed by atoms with Crippen molar-refractivity contribution in [2.45, 2.75) is 24.2 Å². The van der Waals surface area contributed by atoms with Crippen LogP contribution < -0.4 is 4.90 Å². The number of aliphatic carboxylic acids is 1. The smallest absolute Gasteiger partial charge is 0.303 e. The van der Waals surface area contributed by atoms with Gasteiger partial charge >= 0.3 is 5.97 Å². The van der Waals surface area contributed by atoms with E-state index in [4.69, 9.17) is 5.11 Å². The maximum Gasteiger partial charge on any atom is 0.303 e. The average Bonchev–Trinajstić information content (AvgIpc) is 2.33. The lowest BCUT2D eigenvalue weighted by atomic mass is 10.1. The standard InChI is InChI=1S/C13H15NO3S/c1-14-10-6-5-9(3-2-4-13(16)17)7-11(10)18-8-12(14)15/h5-7H,2-4,8H2,1H3,(H,16,17). The number of fused-ring (bicyclic) bond motifs is 1.